The van der Waals surface area contributed by atoms with Crippen LogP contribution in [0.15, 0.2) is 43.1 Å². The molecule has 0 amide bonds. The van der Waals surface area contributed by atoms with Crippen LogP contribution < -0.4 is 21.2 Å². The summed E-state index contributed by atoms with van der Waals surface area (Å²) in [4.78, 5) is 17.6. The summed E-state index contributed by atoms with van der Waals surface area (Å²) in [7, 11) is 0. The minimum absolute atomic E-state index is 0.639. The van der Waals surface area contributed by atoms with Crippen LogP contribution in [0.5, 0.6) is 0 Å². The number of aromatic nitrogens is 2. The van der Waals surface area contributed by atoms with E-state index in [-0.39, 0.29) is 0 Å². The first-order chi connectivity index (χ1) is 9.42. The minimum atomic E-state index is 0.639. The number of hydrogen-bond acceptors (Lipinski definition) is 7. The molecule has 8 nitrogen and oxygen atoms in total. The molecule has 0 aliphatic carbocycles. The largest absolute Gasteiger partial charge is 0.395 e. The second-order valence-electron chi connectivity index (χ2n) is 3.96. The first-order valence-corrected chi connectivity index (χ1v) is 5.65. The van der Waals surface area contributed by atoms with Crippen molar-refractivity contribution in [3.8, 4) is 0 Å². The average Bonchev–Trinajstić information content (AvgIpc) is 3.18. The molecule has 2 aliphatic rings. The highest BCUT2D eigenvalue weighted by Crippen LogP contribution is 2.27. The monoisotopic (exact) mass is 258 g/mol. The lowest BCUT2D eigenvalue weighted by molar-refractivity contribution is 0.158. The zero-order valence-corrected chi connectivity index (χ0v) is 9.70. The van der Waals surface area contributed by atoms with E-state index in [9.17, 15) is 0 Å². The summed E-state index contributed by atoms with van der Waals surface area (Å²) in [5.74, 6) is 0.639. The molecule has 0 saturated carbocycles. The predicted octanol–water partition coefficient (Wildman–Crippen LogP) is 1.02. The van der Waals surface area contributed by atoms with Crippen LogP contribution in [-0.2, 0) is 9.68 Å². The number of hydrogen-bond donors (Lipinski definition) is 3. The Morgan fingerprint density at radius 3 is 2.53 bits per heavy atom. The third-order valence-electron chi connectivity index (χ3n) is 2.82. The van der Waals surface area contributed by atoms with Crippen molar-refractivity contribution in [3.63, 3.8) is 0 Å². The number of benzene rings is 1. The molecular formula is C11H10N6O2. The number of para-hydroxylation sites is 1. The fourth-order valence-electron chi connectivity index (χ4n) is 1.97. The molecule has 2 aromatic rings. The molecule has 0 radical (unpaired) electrons. The van der Waals surface area contributed by atoms with Crippen molar-refractivity contribution in [2.24, 2.45) is 0 Å². The van der Waals surface area contributed by atoms with E-state index in [1.807, 2.05) is 18.2 Å². The van der Waals surface area contributed by atoms with Crippen molar-refractivity contribution < 1.29 is 9.68 Å². The predicted molar refractivity (Wildman–Crippen MR) is 67.8 cm³/mol. The van der Waals surface area contributed by atoms with E-state index < -0.39 is 0 Å². The topological polar surface area (TPSA) is 77.7 Å². The van der Waals surface area contributed by atoms with Gasteiger partial charge in [0.25, 0.3) is 0 Å². The van der Waals surface area contributed by atoms with Crippen molar-refractivity contribution in [1.82, 2.24) is 21.1 Å². The maximum Gasteiger partial charge on any atom is 0.225 e. The minimum Gasteiger partial charge on any atom is -0.395 e. The van der Waals surface area contributed by atoms with Crippen molar-refractivity contribution in [2.75, 3.05) is 10.0 Å². The highest BCUT2D eigenvalue weighted by atomic mass is 16.7. The van der Waals surface area contributed by atoms with Gasteiger partial charge in [-0.3, -0.25) is 0 Å². The van der Waals surface area contributed by atoms with Crippen LogP contribution in [0.25, 0.3) is 11.0 Å². The molecular weight excluding hydrogens is 248 g/mol. The Hall–Kier alpha value is -2.71. The molecule has 0 unspecified atom stereocenters. The van der Waals surface area contributed by atoms with E-state index in [4.69, 9.17) is 9.68 Å². The molecule has 19 heavy (non-hydrogen) atoms. The second kappa shape index (κ2) is 3.90. The standard InChI is InChI=1S/C11H10N6O2/c1-2-8-10(9(3-1)16-4-6-18-14-16)13-11(12-8)17-5-7-19-15-17/h1-7,14-15H,(H,12,13). The lowest BCUT2D eigenvalue weighted by atomic mass is 10.2. The zero-order valence-electron chi connectivity index (χ0n) is 9.70. The molecule has 3 N–H and O–H groups in total. The molecule has 0 saturated heterocycles. The van der Waals surface area contributed by atoms with E-state index in [2.05, 4.69) is 21.1 Å². The number of H-pyrrole nitrogens is 1. The summed E-state index contributed by atoms with van der Waals surface area (Å²) in [6.45, 7) is 0. The summed E-state index contributed by atoms with van der Waals surface area (Å²) in [5.41, 5.74) is 8.05. The summed E-state index contributed by atoms with van der Waals surface area (Å²) < 4.78 is 0. The number of fused-ring (bicyclic) bond motifs is 1. The Morgan fingerprint density at radius 2 is 1.79 bits per heavy atom. The number of aromatic amines is 1. The highest BCUT2D eigenvalue weighted by molar-refractivity contribution is 5.90. The number of rotatable bonds is 2. The Morgan fingerprint density at radius 1 is 1.00 bits per heavy atom. The van der Waals surface area contributed by atoms with Crippen LogP contribution in [0.3, 0.4) is 0 Å². The van der Waals surface area contributed by atoms with Crippen molar-refractivity contribution in [2.45, 2.75) is 0 Å². The van der Waals surface area contributed by atoms with Crippen LogP contribution in [0.4, 0.5) is 11.6 Å². The SMILES string of the molecule is C1=CN(c2nc3c(N4C=CON4)cccc3[nH]2)NO1. The lowest BCUT2D eigenvalue weighted by Gasteiger charge is -2.13. The number of nitrogens with one attached hydrogen (secondary N) is 3. The highest BCUT2D eigenvalue weighted by Gasteiger charge is 2.17. The number of anilines is 2. The normalized spacial score (nSPS) is 17.3. The van der Waals surface area contributed by atoms with Gasteiger partial charge in [0.2, 0.25) is 5.95 Å². The fourth-order valence-corrected chi connectivity index (χ4v) is 1.97. The zero-order chi connectivity index (χ0) is 12.7. The van der Waals surface area contributed by atoms with Gasteiger partial charge in [-0.15, -0.1) is 0 Å². The Balaban J connectivity index is 1.81. The molecule has 96 valence electrons. The van der Waals surface area contributed by atoms with Crippen molar-refractivity contribution >= 4 is 22.7 Å². The van der Waals surface area contributed by atoms with Crippen LogP contribution >= 0.6 is 0 Å². The summed E-state index contributed by atoms with van der Waals surface area (Å²) in [6.07, 6.45) is 6.60. The van der Waals surface area contributed by atoms with Gasteiger partial charge in [0.05, 0.1) is 23.6 Å². The Labute approximate surface area is 107 Å². The molecule has 8 heteroatoms. The molecule has 0 fully saturated rings. The Kier molecular flexibility index (Phi) is 2.10. The second-order valence-corrected chi connectivity index (χ2v) is 3.96. The smallest absolute Gasteiger partial charge is 0.225 e. The quantitative estimate of drug-likeness (QED) is 0.742. The summed E-state index contributed by atoms with van der Waals surface area (Å²) >= 11 is 0. The van der Waals surface area contributed by atoms with Gasteiger partial charge in [-0.25, -0.2) is 15.0 Å². The average molecular weight is 258 g/mol. The molecule has 3 heterocycles. The van der Waals surface area contributed by atoms with E-state index in [1.54, 1.807) is 28.7 Å². The fraction of sp³-hybridized carbons (Fsp3) is 0. The van der Waals surface area contributed by atoms with E-state index >= 15 is 0 Å². The maximum absolute atomic E-state index is 4.97. The number of hydrazine groups is 2. The summed E-state index contributed by atoms with van der Waals surface area (Å²) in [5, 5.41) is 3.39. The van der Waals surface area contributed by atoms with E-state index in [0.29, 0.717) is 5.95 Å². The van der Waals surface area contributed by atoms with Crippen LogP contribution in [0, 0.1) is 0 Å². The van der Waals surface area contributed by atoms with Crippen molar-refractivity contribution in [3.05, 3.63) is 43.1 Å². The number of imidazole rings is 1. The van der Waals surface area contributed by atoms with Gasteiger partial charge in [0, 0.05) is 0 Å². The van der Waals surface area contributed by atoms with Gasteiger partial charge < -0.3 is 14.7 Å². The molecule has 0 bridgehead atoms. The van der Waals surface area contributed by atoms with Gasteiger partial charge in [0.1, 0.15) is 18.0 Å². The Bertz CT molecular complexity index is 679. The maximum atomic E-state index is 4.97. The van der Waals surface area contributed by atoms with E-state index in [0.717, 1.165) is 16.7 Å². The molecule has 1 aromatic heterocycles. The summed E-state index contributed by atoms with van der Waals surface area (Å²) in [6, 6.07) is 5.84. The first kappa shape index (κ1) is 10.2. The number of nitrogens with zero attached hydrogens (tertiary/aromatic N) is 3. The third-order valence-corrected chi connectivity index (χ3v) is 2.82. The molecule has 0 atom stereocenters. The molecule has 1 aromatic carbocycles. The molecule has 2 aliphatic heterocycles. The first-order valence-electron chi connectivity index (χ1n) is 5.65. The van der Waals surface area contributed by atoms with Crippen LogP contribution in [0.1, 0.15) is 0 Å². The van der Waals surface area contributed by atoms with Gasteiger partial charge in [-0.2, -0.15) is 0 Å². The van der Waals surface area contributed by atoms with Crippen LogP contribution in [0.2, 0.25) is 0 Å². The van der Waals surface area contributed by atoms with Gasteiger partial charge >= 0.3 is 0 Å². The van der Waals surface area contributed by atoms with E-state index in [1.165, 1.54) is 6.26 Å². The lowest BCUT2D eigenvalue weighted by Crippen LogP contribution is -2.28. The van der Waals surface area contributed by atoms with Gasteiger partial charge in [-0.1, -0.05) is 17.2 Å². The van der Waals surface area contributed by atoms with Gasteiger partial charge in [0.15, 0.2) is 0 Å². The molecule has 4 rings (SSSR count). The van der Waals surface area contributed by atoms with Gasteiger partial charge in [-0.05, 0) is 12.1 Å². The third kappa shape index (κ3) is 1.58. The van der Waals surface area contributed by atoms with Crippen molar-refractivity contribution in [1.29, 1.82) is 0 Å². The molecule has 0 spiro atoms. The van der Waals surface area contributed by atoms with Crippen LogP contribution in [-0.4, -0.2) is 9.97 Å².